The third kappa shape index (κ3) is 2.99. The molecule has 0 spiro atoms. The maximum Gasteiger partial charge on any atom is 0.259 e. The normalized spacial score (nSPS) is 18.1. The second-order valence-corrected chi connectivity index (χ2v) is 7.85. The van der Waals surface area contributed by atoms with E-state index >= 15 is 0 Å². The van der Waals surface area contributed by atoms with Gasteiger partial charge in [-0.1, -0.05) is 18.2 Å². The maximum atomic E-state index is 12.8. The monoisotopic (exact) mass is 368 g/mol. The van der Waals surface area contributed by atoms with Crippen LogP contribution < -0.4 is 5.32 Å². The highest BCUT2D eigenvalue weighted by Crippen LogP contribution is 2.24. The lowest BCUT2D eigenvalue weighted by Crippen LogP contribution is -2.40. The van der Waals surface area contributed by atoms with Gasteiger partial charge in [0.05, 0.1) is 22.5 Å². The van der Waals surface area contributed by atoms with E-state index in [2.05, 4.69) is 14.7 Å². The fourth-order valence-electron chi connectivity index (χ4n) is 2.93. The summed E-state index contributed by atoms with van der Waals surface area (Å²) in [5.41, 5.74) is 2.30. The van der Waals surface area contributed by atoms with Crippen molar-refractivity contribution in [2.75, 3.05) is 17.6 Å². The summed E-state index contributed by atoms with van der Waals surface area (Å²) in [4.78, 5) is 19.0. The summed E-state index contributed by atoms with van der Waals surface area (Å²) in [7, 11) is -3.55. The number of benzene rings is 1. The third-order valence-electron chi connectivity index (χ3n) is 4.21. The Balaban J connectivity index is 1.71. The van der Waals surface area contributed by atoms with Gasteiger partial charge in [0.2, 0.25) is 0 Å². The highest BCUT2D eigenvalue weighted by Gasteiger charge is 2.30. The van der Waals surface area contributed by atoms with E-state index in [1.165, 1.54) is 0 Å². The van der Waals surface area contributed by atoms with E-state index in [1.54, 1.807) is 29.3 Å². The number of aromatic nitrogens is 1. The molecule has 1 aromatic carbocycles. The van der Waals surface area contributed by atoms with Crippen molar-refractivity contribution in [3.8, 4) is 0 Å². The Labute approximate surface area is 150 Å². The first-order valence-electron chi connectivity index (χ1n) is 8.09. The zero-order valence-corrected chi connectivity index (χ0v) is 14.8. The standard InChI is InChI=1S/C18H16N4O3S/c1-12-7-8-13-4-2-6-15(16(13)19-12)20-18(23)14-5-3-9-22-10-11-26(24,25)21-17(14)22/h2-9H,10-11H2,1H3,(H,20,23). The number of sulfonamides is 1. The van der Waals surface area contributed by atoms with E-state index < -0.39 is 15.9 Å². The first-order valence-corrected chi connectivity index (χ1v) is 9.70. The van der Waals surface area contributed by atoms with E-state index in [4.69, 9.17) is 0 Å². The van der Waals surface area contributed by atoms with Gasteiger partial charge in [0, 0.05) is 23.8 Å². The molecule has 3 heterocycles. The summed E-state index contributed by atoms with van der Waals surface area (Å²) >= 11 is 0. The van der Waals surface area contributed by atoms with E-state index in [9.17, 15) is 13.2 Å². The second-order valence-electron chi connectivity index (χ2n) is 6.10. The molecular weight excluding hydrogens is 352 g/mol. The van der Waals surface area contributed by atoms with Gasteiger partial charge in [-0.3, -0.25) is 9.78 Å². The number of para-hydroxylation sites is 1. The maximum absolute atomic E-state index is 12.8. The number of fused-ring (bicyclic) bond motifs is 2. The van der Waals surface area contributed by atoms with Gasteiger partial charge >= 0.3 is 0 Å². The Hall–Kier alpha value is -3.00. The molecule has 0 bridgehead atoms. The predicted octanol–water partition coefficient (Wildman–Crippen LogP) is 1.98. The molecule has 1 amide bonds. The molecule has 1 N–H and O–H groups in total. The zero-order valence-electron chi connectivity index (χ0n) is 14.0. The van der Waals surface area contributed by atoms with Crippen LogP contribution in [0.1, 0.15) is 5.69 Å². The summed E-state index contributed by atoms with van der Waals surface area (Å²) in [5, 5.41) is 3.74. The minimum atomic E-state index is -3.55. The van der Waals surface area contributed by atoms with Crippen molar-refractivity contribution in [1.29, 1.82) is 0 Å². The molecule has 4 rings (SSSR count). The Morgan fingerprint density at radius 2 is 2.08 bits per heavy atom. The van der Waals surface area contributed by atoms with Crippen LogP contribution in [0.3, 0.4) is 0 Å². The lowest BCUT2D eigenvalue weighted by Gasteiger charge is -2.28. The molecule has 1 aromatic heterocycles. The van der Waals surface area contributed by atoms with Crippen LogP contribution in [0, 0.1) is 6.92 Å². The summed E-state index contributed by atoms with van der Waals surface area (Å²) in [6.07, 6.45) is 4.99. The van der Waals surface area contributed by atoms with Crippen LogP contribution in [0.5, 0.6) is 0 Å². The fourth-order valence-corrected chi connectivity index (χ4v) is 3.91. The Morgan fingerprint density at radius 1 is 1.23 bits per heavy atom. The molecule has 0 unspecified atom stereocenters. The first kappa shape index (κ1) is 16.5. The van der Waals surface area contributed by atoms with Crippen LogP contribution in [-0.2, 0) is 14.8 Å². The number of anilines is 1. The molecule has 8 heteroatoms. The number of nitrogens with zero attached hydrogens (tertiary/aromatic N) is 3. The number of hydrogen-bond donors (Lipinski definition) is 1. The number of pyridine rings is 1. The minimum absolute atomic E-state index is 0.0672. The third-order valence-corrected chi connectivity index (χ3v) is 5.36. The molecule has 7 nitrogen and oxygen atoms in total. The van der Waals surface area contributed by atoms with Gasteiger partial charge in [-0.25, -0.2) is 8.42 Å². The van der Waals surface area contributed by atoms with Crippen molar-refractivity contribution in [2.45, 2.75) is 6.92 Å². The Bertz CT molecular complexity index is 1120. The van der Waals surface area contributed by atoms with Crippen LogP contribution in [-0.4, -0.2) is 42.3 Å². The molecule has 0 aliphatic carbocycles. The molecular formula is C18H16N4O3S. The molecule has 2 aliphatic heterocycles. The van der Waals surface area contributed by atoms with Crippen molar-refractivity contribution in [3.05, 3.63) is 60.0 Å². The SMILES string of the molecule is Cc1ccc2cccc(NC(=O)C3=CC=CN4CCS(=O)(=O)N=C34)c2n1. The first-order chi connectivity index (χ1) is 12.4. The molecule has 0 atom stereocenters. The number of nitrogens with one attached hydrogen (secondary N) is 1. The van der Waals surface area contributed by atoms with E-state index in [0.717, 1.165) is 11.1 Å². The fraction of sp³-hybridized carbons (Fsp3) is 0.167. The van der Waals surface area contributed by atoms with Crippen molar-refractivity contribution >= 4 is 38.4 Å². The van der Waals surface area contributed by atoms with Gasteiger partial charge in [-0.15, -0.1) is 4.40 Å². The molecule has 0 fully saturated rings. The Morgan fingerprint density at radius 3 is 2.92 bits per heavy atom. The highest BCUT2D eigenvalue weighted by molar-refractivity contribution is 7.90. The number of amides is 1. The number of hydrogen-bond acceptors (Lipinski definition) is 5. The summed E-state index contributed by atoms with van der Waals surface area (Å²) in [6.45, 7) is 2.16. The number of aryl methyl sites for hydroxylation is 1. The predicted molar refractivity (Wildman–Crippen MR) is 100 cm³/mol. The average molecular weight is 368 g/mol. The van der Waals surface area contributed by atoms with Gasteiger partial charge in [0.1, 0.15) is 0 Å². The second kappa shape index (κ2) is 6.06. The molecule has 132 valence electrons. The molecule has 0 radical (unpaired) electrons. The van der Waals surface area contributed by atoms with Gasteiger partial charge in [0.15, 0.2) is 5.84 Å². The van der Waals surface area contributed by atoms with Crippen molar-refractivity contribution in [1.82, 2.24) is 9.88 Å². The quantitative estimate of drug-likeness (QED) is 0.875. The van der Waals surface area contributed by atoms with E-state index in [0.29, 0.717) is 11.2 Å². The van der Waals surface area contributed by atoms with Gasteiger partial charge in [-0.05, 0) is 31.2 Å². The van der Waals surface area contributed by atoms with Crippen LogP contribution >= 0.6 is 0 Å². The van der Waals surface area contributed by atoms with Crippen LogP contribution in [0.25, 0.3) is 10.9 Å². The molecule has 26 heavy (non-hydrogen) atoms. The Kier molecular flexibility index (Phi) is 3.84. The molecule has 0 saturated carbocycles. The lowest BCUT2D eigenvalue weighted by atomic mass is 10.1. The zero-order chi connectivity index (χ0) is 18.3. The molecule has 0 saturated heterocycles. The summed E-state index contributed by atoms with van der Waals surface area (Å²) in [6, 6.07) is 9.36. The highest BCUT2D eigenvalue weighted by atomic mass is 32.2. The van der Waals surface area contributed by atoms with Gasteiger partial charge in [-0.2, -0.15) is 0 Å². The largest absolute Gasteiger partial charge is 0.331 e. The van der Waals surface area contributed by atoms with Crippen molar-refractivity contribution in [3.63, 3.8) is 0 Å². The molecule has 2 aromatic rings. The number of rotatable bonds is 2. The van der Waals surface area contributed by atoms with Gasteiger partial charge < -0.3 is 10.2 Å². The topological polar surface area (TPSA) is 91.7 Å². The average Bonchev–Trinajstić information content (AvgIpc) is 2.61. The molecule has 2 aliphatic rings. The number of allylic oxidation sites excluding steroid dienone is 2. The smallest absolute Gasteiger partial charge is 0.259 e. The summed E-state index contributed by atoms with van der Waals surface area (Å²) in [5.74, 6) is -0.339. The van der Waals surface area contributed by atoms with Crippen molar-refractivity contribution in [2.24, 2.45) is 4.40 Å². The minimum Gasteiger partial charge on any atom is -0.331 e. The number of amidine groups is 1. The number of carbonyl (C=O) groups excluding carboxylic acids is 1. The van der Waals surface area contributed by atoms with Gasteiger partial charge in [0.25, 0.3) is 15.9 Å². The van der Waals surface area contributed by atoms with Crippen molar-refractivity contribution < 1.29 is 13.2 Å². The lowest BCUT2D eigenvalue weighted by molar-refractivity contribution is -0.112. The number of carbonyl (C=O) groups is 1. The summed E-state index contributed by atoms with van der Waals surface area (Å²) < 4.78 is 27.4. The van der Waals surface area contributed by atoms with E-state index in [-0.39, 0.29) is 23.7 Å². The van der Waals surface area contributed by atoms with E-state index in [1.807, 2.05) is 31.2 Å². The van der Waals surface area contributed by atoms with Crippen LogP contribution in [0.4, 0.5) is 5.69 Å². The van der Waals surface area contributed by atoms with Crippen LogP contribution in [0.2, 0.25) is 0 Å². The van der Waals surface area contributed by atoms with Crippen LogP contribution in [0.15, 0.2) is 58.7 Å².